The van der Waals surface area contributed by atoms with Crippen LogP contribution in [0.4, 0.5) is 0 Å². The van der Waals surface area contributed by atoms with Crippen LogP contribution in [0.1, 0.15) is 73.1 Å². The Labute approximate surface area is 119 Å². The fourth-order valence-corrected chi connectivity index (χ4v) is 3.01. The maximum atomic E-state index is 12.5. The zero-order valence-electron chi connectivity index (χ0n) is 13.4. The summed E-state index contributed by atoms with van der Waals surface area (Å²) in [6.45, 7) is 10.9. The van der Waals surface area contributed by atoms with Crippen LogP contribution in [0.3, 0.4) is 0 Å². The van der Waals surface area contributed by atoms with E-state index in [0.29, 0.717) is 17.9 Å². The molecule has 1 amide bonds. The molecule has 3 nitrogen and oxygen atoms in total. The van der Waals surface area contributed by atoms with E-state index in [9.17, 15) is 4.79 Å². The first kappa shape index (κ1) is 16.5. The molecule has 0 aromatic carbocycles. The van der Waals surface area contributed by atoms with Crippen molar-refractivity contribution < 1.29 is 4.79 Å². The second-order valence-electron chi connectivity index (χ2n) is 6.15. The lowest BCUT2D eigenvalue weighted by Gasteiger charge is -2.28. The second kappa shape index (κ2) is 7.88. The van der Waals surface area contributed by atoms with Gasteiger partial charge < -0.3 is 4.90 Å². The van der Waals surface area contributed by atoms with E-state index in [0.717, 1.165) is 12.8 Å². The van der Waals surface area contributed by atoms with E-state index in [1.807, 2.05) is 0 Å². The molecule has 1 saturated heterocycles. The van der Waals surface area contributed by atoms with Crippen molar-refractivity contribution in [3.05, 3.63) is 0 Å². The average Bonchev–Trinajstić information content (AvgIpc) is 2.69. The van der Waals surface area contributed by atoms with E-state index in [2.05, 4.69) is 44.8 Å². The van der Waals surface area contributed by atoms with Crippen molar-refractivity contribution in [2.45, 2.75) is 91.4 Å². The van der Waals surface area contributed by atoms with Gasteiger partial charge in [-0.2, -0.15) is 0 Å². The van der Waals surface area contributed by atoms with Crippen LogP contribution in [0.25, 0.3) is 0 Å². The van der Waals surface area contributed by atoms with E-state index in [-0.39, 0.29) is 12.2 Å². The van der Waals surface area contributed by atoms with Crippen molar-refractivity contribution >= 4 is 5.91 Å². The molecular formula is C16H32N2O. The summed E-state index contributed by atoms with van der Waals surface area (Å²) in [6.07, 6.45) is 7.47. The van der Waals surface area contributed by atoms with Gasteiger partial charge in [0.25, 0.3) is 0 Å². The largest absolute Gasteiger partial charge is 0.323 e. The average molecular weight is 268 g/mol. The molecule has 0 aromatic heterocycles. The highest BCUT2D eigenvalue weighted by atomic mass is 16.2. The molecule has 0 spiro atoms. The Kier molecular flexibility index (Phi) is 6.84. The summed E-state index contributed by atoms with van der Waals surface area (Å²) in [7, 11) is 0. The number of hydrogen-bond acceptors (Lipinski definition) is 2. The number of rotatable bonds is 8. The van der Waals surface area contributed by atoms with Gasteiger partial charge in [-0.3, -0.25) is 10.1 Å². The SMILES string of the molecule is CCCCCCC(C)N1C(=O)C(C(C)CC)NC1C. The van der Waals surface area contributed by atoms with Gasteiger partial charge in [-0.05, 0) is 26.2 Å². The van der Waals surface area contributed by atoms with Crippen LogP contribution in [-0.2, 0) is 4.79 Å². The highest BCUT2D eigenvalue weighted by Gasteiger charge is 2.40. The van der Waals surface area contributed by atoms with Crippen LogP contribution in [0.2, 0.25) is 0 Å². The van der Waals surface area contributed by atoms with Gasteiger partial charge in [-0.25, -0.2) is 0 Å². The number of hydrogen-bond donors (Lipinski definition) is 1. The standard InChI is InChI=1S/C16H32N2O/c1-6-8-9-10-11-13(4)18-14(5)17-15(16(18)19)12(3)7-2/h12-15,17H,6-11H2,1-5H3. The quantitative estimate of drug-likeness (QED) is 0.683. The van der Waals surface area contributed by atoms with Crippen LogP contribution in [-0.4, -0.2) is 29.1 Å². The molecule has 0 radical (unpaired) electrons. The lowest BCUT2D eigenvalue weighted by atomic mass is 9.99. The second-order valence-corrected chi connectivity index (χ2v) is 6.15. The van der Waals surface area contributed by atoms with E-state index in [1.165, 1.54) is 25.7 Å². The molecule has 1 aliphatic heterocycles. The number of amides is 1. The Bertz CT molecular complexity index is 280. The molecule has 3 heteroatoms. The Morgan fingerprint density at radius 1 is 1.21 bits per heavy atom. The van der Waals surface area contributed by atoms with Crippen molar-refractivity contribution in [1.82, 2.24) is 10.2 Å². The fourth-order valence-electron chi connectivity index (χ4n) is 3.01. The van der Waals surface area contributed by atoms with Gasteiger partial charge in [0, 0.05) is 6.04 Å². The predicted octanol–water partition coefficient (Wildman–Crippen LogP) is 3.54. The number of nitrogens with one attached hydrogen (secondary N) is 1. The van der Waals surface area contributed by atoms with Crippen molar-refractivity contribution in [3.63, 3.8) is 0 Å². The smallest absolute Gasteiger partial charge is 0.241 e. The predicted molar refractivity (Wildman–Crippen MR) is 80.9 cm³/mol. The van der Waals surface area contributed by atoms with Crippen molar-refractivity contribution in [1.29, 1.82) is 0 Å². The summed E-state index contributed by atoms with van der Waals surface area (Å²) in [4.78, 5) is 14.6. The van der Waals surface area contributed by atoms with Crippen molar-refractivity contribution in [3.8, 4) is 0 Å². The lowest BCUT2D eigenvalue weighted by Crippen LogP contribution is -2.41. The van der Waals surface area contributed by atoms with Crippen LogP contribution in [0.15, 0.2) is 0 Å². The van der Waals surface area contributed by atoms with E-state index >= 15 is 0 Å². The first-order valence-corrected chi connectivity index (χ1v) is 8.11. The topological polar surface area (TPSA) is 32.3 Å². The molecule has 1 fully saturated rings. The third-order valence-electron chi connectivity index (χ3n) is 4.52. The Hall–Kier alpha value is -0.570. The first-order valence-electron chi connectivity index (χ1n) is 8.11. The zero-order chi connectivity index (χ0) is 14.4. The number of nitrogens with zero attached hydrogens (tertiary/aromatic N) is 1. The number of carbonyl (C=O) groups is 1. The van der Waals surface area contributed by atoms with E-state index in [1.54, 1.807) is 0 Å². The molecule has 4 unspecified atom stereocenters. The van der Waals surface area contributed by atoms with Gasteiger partial charge >= 0.3 is 0 Å². The first-order chi connectivity index (χ1) is 9.02. The normalized spacial score (nSPS) is 26.8. The Balaban J connectivity index is 2.50. The van der Waals surface area contributed by atoms with Crippen LogP contribution in [0.5, 0.6) is 0 Å². The van der Waals surface area contributed by atoms with Crippen molar-refractivity contribution in [2.75, 3.05) is 0 Å². The molecule has 1 rings (SSSR count). The molecule has 0 aromatic rings. The third-order valence-corrected chi connectivity index (χ3v) is 4.52. The Morgan fingerprint density at radius 3 is 2.47 bits per heavy atom. The van der Waals surface area contributed by atoms with Crippen LogP contribution in [0, 0.1) is 5.92 Å². The summed E-state index contributed by atoms with van der Waals surface area (Å²) in [5, 5.41) is 3.46. The highest BCUT2D eigenvalue weighted by molar-refractivity contribution is 5.84. The molecule has 112 valence electrons. The summed E-state index contributed by atoms with van der Waals surface area (Å²) >= 11 is 0. The molecule has 0 bridgehead atoms. The maximum absolute atomic E-state index is 12.5. The lowest BCUT2D eigenvalue weighted by molar-refractivity contribution is -0.132. The molecule has 0 aliphatic carbocycles. The summed E-state index contributed by atoms with van der Waals surface area (Å²) in [6, 6.07) is 0.388. The van der Waals surface area contributed by atoms with Gasteiger partial charge in [0.15, 0.2) is 0 Å². The van der Waals surface area contributed by atoms with Crippen LogP contribution < -0.4 is 5.32 Å². The molecule has 1 N–H and O–H groups in total. The number of unbranched alkanes of at least 4 members (excludes halogenated alkanes) is 3. The summed E-state index contributed by atoms with van der Waals surface area (Å²) in [5.41, 5.74) is 0. The third kappa shape index (κ3) is 4.20. The monoisotopic (exact) mass is 268 g/mol. The van der Waals surface area contributed by atoms with Gasteiger partial charge in [0.05, 0.1) is 12.2 Å². The van der Waals surface area contributed by atoms with E-state index in [4.69, 9.17) is 0 Å². The van der Waals surface area contributed by atoms with Gasteiger partial charge in [-0.15, -0.1) is 0 Å². The minimum absolute atomic E-state index is 0.0260. The van der Waals surface area contributed by atoms with Gasteiger partial charge in [0.2, 0.25) is 5.91 Å². The molecule has 1 aliphatic rings. The maximum Gasteiger partial charge on any atom is 0.241 e. The van der Waals surface area contributed by atoms with Gasteiger partial charge in [-0.1, -0.05) is 52.9 Å². The Morgan fingerprint density at radius 2 is 1.89 bits per heavy atom. The van der Waals surface area contributed by atoms with Gasteiger partial charge in [0.1, 0.15) is 0 Å². The van der Waals surface area contributed by atoms with E-state index < -0.39 is 0 Å². The summed E-state index contributed by atoms with van der Waals surface area (Å²) in [5.74, 6) is 0.733. The molecule has 0 saturated carbocycles. The molecule has 19 heavy (non-hydrogen) atoms. The fraction of sp³-hybridized carbons (Fsp3) is 0.938. The molecule has 4 atom stereocenters. The molecule has 1 heterocycles. The van der Waals surface area contributed by atoms with Crippen molar-refractivity contribution in [2.24, 2.45) is 5.92 Å². The minimum atomic E-state index is 0.0260. The zero-order valence-corrected chi connectivity index (χ0v) is 13.4. The van der Waals surface area contributed by atoms with Crippen LogP contribution >= 0.6 is 0 Å². The summed E-state index contributed by atoms with van der Waals surface area (Å²) < 4.78 is 0. The number of carbonyl (C=O) groups excluding carboxylic acids is 1. The minimum Gasteiger partial charge on any atom is -0.323 e. The highest BCUT2D eigenvalue weighted by Crippen LogP contribution is 2.23. The molecular weight excluding hydrogens is 236 g/mol.